The van der Waals surface area contributed by atoms with Crippen molar-refractivity contribution >= 4 is 23.0 Å². The number of fused-ring (bicyclic) bond motifs is 6. The van der Waals surface area contributed by atoms with E-state index in [2.05, 4.69) is 52.7 Å². The van der Waals surface area contributed by atoms with Crippen LogP contribution in [-0.4, -0.2) is 32.3 Å². The lowest BCUT2D eigenvalue weighted by molar-refractivity contribution is 0.0224. The Labute approximate surface area is 244 Å². The van der Waals surface area contributed by atoms with Crippen molar-refractivity contribution < 1.29 is 19.0 Å². The van der Waals surface area contributed by atoms with Crippen LogP contribution in [-0.2, 0) is 15.1 Å². The van der Waals surface area contributed by atoms with Gasteiger partial charge in [0.05, 0.1) is 18.8 Å². The summed E-state index contributed by atoms with van der Waals surface area (Å²) in [7, 11) is 0. The van der Waals surface area contributed by atoms with E-state index in [0.717, 1.165) is 65.5 Å². The summed E-state index contributed by atoms with van der Waals surface area (Å²) in [5, 5.41) is 3.51. The average molecular weight is 553 g/mol. The van der Waals surface area contributed by atoms with Crippen molar-refractivity contribution in [3.8, 4) is 22.6 Å². The summed E-state index contributed by atoms with van der Waals surface area (Å²) in [6, 6.07) is 38.4. The lowest BCUT2D eigenvalue weighted by Crippen LogP contribution is -2.36. The molecule has 0 bridgehead atoms. The third-order valence-electron chi connectivity index (χ3n) is 8.35. The first kappa shape index (κ1) is 24.7. The van der Waals surface area contributed by atoms with E-state index in [1.54, 1.807) is 0 Å². The summed E-state index contributed by atoms with van der Waals surface area (Å²) >= 11 is 0. The minimum absolute atomic E-state index is 0.336. The van der Waals surface area contributed by atoms with E-state index in [4.69, 9.17) is 14.2 Å². The number of hydrogen-bond donors (Lipinski definition) is 1. The minimum Gasteiger partial charge on any atom is -0.456 e. The smallest absolute Gasteiger partial charge is 0.340 e. The summed E-state index contributed by atoms with van der Waals surface area (Å²) in [5.41, 5.74) is 7.05. The van der Waals surface area contributed by atoms with Crippen LogP contribution < -0.4 is 15.0 Å². The number of ether oxygens (including phenoxy) is 3. The molecule has 0 aliphatic carbocycles. The third-order valence-corrected chi connectivity index (χ3v) is 8.35. The molecule has 0 saturated carbocycles. The monoisotopic (exact) mass is 552 g/mol. The molecular formula is C36H28N2O4. The highest BCUT2D eigenvalue weighted by atomic mass is 16.6. The zero-order chi connectivity index (χ0) is 28.1. The maximum atomic E-state index is 13.3. The van der Waals surface area contributed by atoms with Gasteiger partial charge < -0.3 is 24.4 Å². The van der Waals surface area contributed by atoms with Crippen LogP contribution in [0.25, 0.3) is 11.1 Å². The van der Waals surface area contributed by atoms with Gasteiger partial charge in [-0.3, -0.25) is 0 Å². The van der Waals surface area contributed by atoms with Crippen molar-refractivity contribution in [1.82, 2.24) is 0 Å². The van der Waals surface area contributed by atoms with E-state index in [1.165, 1.54) is 5.69 Å². The number of rotatable bonds is 4. The number of hydrogen-bond acceptors (Lipinski definition) is 6. The average Bonchev–Trinajstić information content (AvgIpc) is 3.34. The second-order valence-electron chi connectivity index (χ2n) is 10.8. The maximum Gasteiger partial charge on any atom is 0.340 e. The van der Waals surface area contributed by atoms with Gasteiger partial charge in [-0.05, 0) is 65.7 Å². The van der Waals surface area contributed by atoms with E-state index in [9.17, 15) is 4.79 Å². The summed E-state index contributed by atoms with van der Waals surface area (Å²) in [6.45, 7) is 3.32. The molecule has 0 radical (unpaired) electrons. The molecule has 1 saturated heterocycles. The second-order valence-corrected chi connectivity index (χ2v) is 10.8. The summed E-state index contributed by atoms with van der Waals surface area (Å²) in [4.78, 5) is 15.6. The van der Waals surface area contributed by atoms with Gasteiger partial charge in [0.1, 0.15) is 11.5 Å². The van der Waals surface area contributed by atoms with E-state index in [1.807, 2.05) is 72.8 Å². The van der Waals surface area contributed by atoms with Crippen molar-refractivity contribution in [2.45, 2.75) is 5.60 Å². The van der Waals surface area contributed by atoms with E-state index >= 15 is 0 Å². The summed E-state index contributed by atoms with van der Waals surface area (Å²) in [6.07, 6.45) is 0. The Morgan fingerprint density at radius 1 is 0.643 bits per heavy atom. The van der Waals surface area contributed by atoms with Gasteiger partial charge in [0.2, 0.25) is 0 Å². The molecule has 6 nitrogen and oxygen atoms in total. The standard InChI is InChI=1S/C36H28N2O4/c39-35-29-8-4-5-9-30(29)36(42-35)31-16-13-27(37-26-11-14-28(15-12-26)38-18-20-40-21-19-38)23-34(31)41-33-17-10-25(22-32(33)36)24-6-2-1-3-7-24/h1-17,22-23,37H,18-21H2. The normalized spacial score (nSPS) is 18.5. The van der Waals surface area contributed by atoms with Crippen LogP contribution in [0.3, 0.4) is 0 Å². The fraction of sp³-hybridized carbons (Fsp3) is 0.139. The molecule has 1 atom stereocenters. The highest BCUT2D eigenvalue weighted by Crippen LogP contribution is 2.57. The molecule has 1 N–H and O–H groups in total. The Morgan fingerprint density at radius 3 is 2.24 bits per heavy atom. The topological polar surface area (TPSA) is 60.0 Å². The van der Waals surface area contributed by atoms with Crippen LogP contribution in [0.2, 0.25) is 0 Å². The fourth-order valence-electron chi connectivity index (χ4n) is 6.30. The van der Waals surface area contributed by atoms with E-state index in [0.29, 0.717) is 17.1 Å². The highest BCUT2D eigenvalue weighted by Gasteiger charge is 2.53. The molecule has 206 valence electrons. The van der Waals surface area contributed by atoms with Gasteiger partial charge in [-0.2, -0.15) is 0 Å². The molecule has 3 aliphatic rings. The lowest BCUT2D eigenvalue weighted by Gasteiger charge is -2.37. The van der Waals surface area contributed by atoms with E-state index in [-0.39, 0.29) is 5.97 Å². The van der Waals surface area contributed by atoms with Gasteiger partial charge in [-0.15, -0.1) is 0 Å². The molecule has 1 spiro atoms. The van der Waals surface area contributed by atoms with Crippen LogP contribution in [0.15, 0.2) is 115 Å². The first-order valence-corrected chi connectivity index (χ1v) is 14.2. The van der Waals surface area contributed by atoms with Crippen LogP contribution >= 0.6 is 0 Å². The fourth-order valence-corrected chi connectivity index (χ4v) is 6.30. The maximum absolute atomic E-state index is 13.3. The van der Waals surface area contributed by atoms with Gasteiger partial charge in [0, 0.05) is 52.9 Å². The molecule has 8 rings (SSSR count). The zero-order valence-electron chi connectivity index (χ0n) is 22.9. The Balaban J connectivity index is 1.19. The van der Waals surface area contributed by atoms with Crippen LogP contribution in [0.4, 0.5) is 17.1 Å². The molecule has 6 heteroatoms. The SMILES string of the molecule is O=C1OC2(c3ccc(Nc4ccc(N5CCOCC5)cc4)cc3Oc3ccc(-c4ccccc4)cc32)c2ccccc21. The molecule has 5 aromatic rings. The number of benzene rings is 5. The number of anilines is 3. The molecule has 0 aromatic heterocycles. The first-order valence-electron chi connectivity index (χ1n) is 14.2. The Bertz CT molecular complexity index is 1810. The van der Waals surface area contributed by atoms with Gasteiger partial charge in [0.15, 0.2) is 5.60 Å². The molecule has 5 aromatic carbocycles. The summed E-state index contributed by atoms with van der Waals surface area (Å²) < 4.78 is 18.4. The molecular weight excluding hydrogens is 524 g/mol. The highest BCUT2D eigenvalue weighted by molar-refractivity contribution is 5.97. The van der Waals surface area contributed by atoms with Crippen molar-refractivity contribution in [3.05, 3.63) is 138 Å². The molecule has 3 aliphatic heterocycles. The van der Waals surface area contributed by atoms with Gasteiger partial charge >= 0.3 is 5.97 Å². The van der Waals surface area contributed by atoms with Crippen molar-refractivity contribution in [2.75, 3.05) is 36.5 Å². The number of carbonyl (C=O) groups is 1. The first-order chi connectivity index (χ1) is 20.7. The number of nitrogens with zero attached hydrogens (tertiary/aromatic N) is 1. The van der Waals surface area contributed by atoms with Gasteiger partial charge in [-0.1, -0.05) is 54.6 Å². The van der Waals surface area contributed by atoms with E-state index < -0.39 is 5.60 Å². The summed E-state index contributed by atoms with van der Waals surface area (Å²) in [5.74, 6) is 0.977. The minimum atomic E-state index is -1.11. The number of esters is 1. The predicted octanol–water partition coefficient (Wildman–Crippen LogP) is 7.50. The quantitative estimate of drug-likeness (QED) is 0.233. The van der Waals surface area contributed by atoms with Crippen LogP contribution in [0, 0.1) is 0 Å². The number of nitrogens with one attached hydrogen (secondary N) is 1. The van der Waals surface area contributed by atoms with Crippen molar-refractivity contribution in [3.63, 3.8) is 0 Å². The molecule has 3 heterocycles. The predicted molar refractivity (Wildman–Crippen MR) is 163 cm³/mol. The molecule has 1 unspecified atom stereocenters. The third kappa shape index (κ3) is 3.95. The van der Waals surface area contributed by atoms with Crippen molar-refractivity contribution in [2.24, 2.45) is 0 Å². The number of morpholine rings is 1. The van der Waals surface area contributed by atoms with Crippen molar-refractivity contribution in [1.29, 1.82) is 0 Å². The Morgan fingerprint density at radius 2 is 1.40 bits per heavy atom. The molecule has 42 heavy (non-hydrogen) atoms. The van der Waals surface area contributed by atoms with Crippen LogP contribution in [0.5, 0.6) is 11.5 Å². The number of carbonyl (C=O) groups excluding carboxylic acids is 1. The van der Waals surface area contributed by atoms with Gasteiger partial charge in [-0.25, -0.2) is 4.79 Å². The molecule has 1 fully saturated rings. The lowest BCUT2D eigenvalue weighted by atomic mass is 9.77. The largest absolute Gasteiger partial charge is 0.456 e. The van der Waals surface area contributed by atoms with Crippen LogP contribution in [0.1, 0.15) is 27.0 Å². The Hall–Kier alpha value is -5.07. The zero-order valence-corrected chi connectivity index (χ0v) is 22.9. The second kappa shape index (κ2) is 9.79. The molecule has 0 amide bonds. The Kier molecular flexibility index (Phi) is 5.76. The van der Waals surface area contributed by atoms with Gasteiger partial charge in [0.25, 0.3) is 0 Å².